The molecule has 0 saturated carbocycles. The average Bonchev–Trinajstić information content (AvgIpc) is 2.83. The molecule has 10 atom stereocenters. The lowest BCUT2D eigenvalue weighted by Gasteiger charge is -2.24. The Morgan fingerprint density at radius 1 is 0.810 bits per heavy atom. The third kappa shape index (κ3) is 3.21. The Morgan fingerprint density at radius 2 is 1.33 bits per heavy atom. The van der Waals surface area contributed by atoms with Crippen LogP contribution in [0, 0.1) is 0 Å². The summed E-state index contributed by atoms with van der Waals surface area (Å²) in [5.41, 5.74) is 0. The number of ether oxygens (including phenoxy) is 3. The molecule has 0 spiro atoms. The second kappa shape index (κ2) is 6.41. The van der Waals surface area contributed by atoms with Gasteiger partial charge in [0.05, 0.1) is 12.2 Å². The van der Waals surface area contributed by atoms with E-state index in [0.717, 1.165) is 0 Å². The quantitative estimate of drug-likeness (QED) is 0.313. The number of hydrogen-bond donors (Lipinski definition) is 6. The summed E-state index contributed by atoms with van der Waals surface area (Å²) >= 11 is 0. The minimum absolute atomic E-state index is 1.03. The highest BCUT2D eigenvalue weighted by Crippen LogP contribution is 2.31. The monoisotopic (exact) mass is 310 g/mol. The molecule has 2 heterocycles. The second-order valence-corrected chi connectivity index (χ2v) is 5.51. The third-order valence-electron chi connectivity index (χ3n) is 3.75. The molecule has 0 unspecified atom stereocenters. The molecule has 9 nitrogen and oxygen atoms in total. The van der Waals surface area contributed by atoms with Crippen molar-refractivity contribution in [2.24, 2.45) is 0 Å². The van der Waals surface area contributed by atoms with Gasteiger partial charge in [-0.1, -0.05) is 0 Å². The minimum Gasteiger partial charge on any atom is -0.391 e. The Labute approximate surface area is 121 Å². The number of aliphatic hydroxyl groups excluding tert-OH is 6. The molecular weight excluding hydrogens is 288 g/mol. The fraction of sp³-hybridized carbons (Fsp3) is 1.00. The molecule has 124 valence electrons. The fourth-order valence-corrected chi connectivity index (χ4v) is 2.56. The van der Waals surface area contributed by atoms with Crippen molar-refractivity contribution in [3.8, 4) is 0 Å². The van der Waals surface area contributed by atoms with Gasteiger partial charge in [0.15, 0.2) is 12.6 Å². The highest BCUT2D eigenvalue weighted by atomic mass is 16.7. The third-order valence-corrected chi connectivity index (χ3v) is 3.75. The first kappa shape index (κ1) is 17.0. The van der Waals surface area contributed by atoms with Crippen LogP contribution in [0.1, 0.15) is 13.8 Å². The van der Waals surface area contributed by atoms with Gasteiger partial charge in [-0.2, -0.15) is 0 Å². The van der Waals surface area contributed by atoms with Gasteiger partial charge in [0.2, 0.25) is 0 Å². The van der Waals surface area contributed by atoms with Gasteiger partial charge in [-0.15, -0.1) is 0 Å². The van der Waals surface area contributed by atoms with Gasteiger partial charge in [0, 0.05) is 0 Å². The highest BCUT2D eigenvalue weighted by Gasteiger charge is 2.51. The molecule has 0 aliphatic carbocycles. The lowest BCUT2D eigenvalue weighted by Crippen LogP contribution is -2.43. The zero-order valence-corrected chi connectivity index (χ0v) is 11.7. The second-order valence-electron chi connectivity index (χ2n) is 5.51. The Morgan fingerprint density at radius 3 is 1.76 bits per heavy atom. The summed E-state index contributed by atoms with van der Waals surface area (Å²) in [5, 5.41) is 58.1. The first-order chi connectivity index (χ1) is 9.73. The molecule has 9 heteroatoms. The van der Waals surface area contributed by atoms with Crippen LogP contribution in [0.15, 0.2) is 0 Å². The number of rotatable bonds is 4. The minimum atomic E-state index is -1.52. The lowest BCUT2D eigenvalue weighted by molar-refractivity contribution is -0.239. The summed E-state index contributed by atoms with van der Waals surface area (Å²) in [6.45, 7) is 2.77. The molecule has 2 aliphatic rings. The molecule has 0 bridgehead atoms. The van der Waals surface area contributed by atoms with E-state index in [9.17, 15) is 30.6 Å². The predicted molar refractivity (Wildman–Crippen MR) is 65.8 cm³/mol. The van der Waals surface area contributed by atoms with E-state index in [2.05, 4.69) is 0 Å². The maximum Gasteiger partial charge on any atom is 0.187 e. The predicted octanol–water partition coefficient (Wildman–Crippen LogP) is -3.34. The van der Waals surface area contributed by atoms with Crippen LogP contribution in [0.25, 0.3) is 0 Å². The van der Waals surface area contributed by atoms with E-state index in [1.54, 1.807) is 0 Å². The standard InChI is InChI=1S/C12H22O9/c1-3(13)8-5(15)6(16)12(20-8)21-10-7(17)9(4(2)14)19-11(10)18/h3-18H,1-2H3/t3-,4-,5-,6-,7+,8+,9+,10-,11-,12+/m1/s1. The van der Waals surface area contributed by atoms with Gasteiger partial charge in [-0.3, -0.25) is 0 Å². The average molecular weight is 310 g/mol. The largest absolute Gasteiger partial charge is 0.391 e. The topological polar surface area (TPSA) is 149 Å². The fourth-order valence-electron chi connectivity index (χ4n) is 2.56. The first-order valence-electron chi connectivity index (χ1n) is 6.78. The first-order valence-corrected chi connectivity index (χ1v) is 6.78. The van der Waals surface area contributed by atoms with Crippen LogP contribution in [0.2, 0.25) is 0 Å². The van der Waals surface area contributed by atoms with E-state index < -0.39 is 61.4 Å². The van der Waals surface area contributed by atoms with Crippen LogP contribution in [0.4, 0.5) is 0 Å². The van der Waals surface area contributed by atoms with Crippen LogP contribution in [0.5, 0.6) is 0 Å². The Bertz CT molecular complexity index is 350. The van der Waals surface area contributed by atoms with Crippen molar-refractivity contribution >= 4 is 0 Å². The molecule has 2 aliphatic heterocycles. The van der Waals surface area contributed by atoms with Crippen LogP contribution >= 0.6 is 0 Å². The number of hydrogen-bond acceptors (Lipinski definition) is 9. The Hall–Kier alpha value is -0.360. The maximum absolute atomic E-state index is 9.96. The van der Waals surface area contributed by atoms with Crippen LogP contribution < -0.4 is 0 Å². The molecule has 2 rings (SSSR count). The van der Waals surface area contributed by atoms with Crippen molar-refractivity contribution in [1.29, 1.82) is 0 Å². The van der Waals surface area contributed by atoms with Crippen molar-refractivity contribution in [3.05, 3.63) is 0 Å². The summed E-state index contributed by atoms with van der Waals surface area (Å²) in [5.74, 6) is 0. The SMILES string of the molecule is C[C@@H](O)[C@@H]1O[C@@H](O[C@@H]2[C@@H](O)[C@H]([C@@H](C)O)O[C@H]2O)[C@H](O)[C@H]1O. The molecule has 0 amide bonds. The van der Waals surface area contributed by atoms with Crippen LogP contribution in [0.3, 0.4) is 0 Å². The van der Waals surface area contributed by atoms with E-state index in [4.69, 9.17) is 14.2 Å². The van der Waals surface area contributed by atoms with E-state index in [0.29, 0.717) is 0 Å². The van der Waals surface area contributed by atoms with Crippen molar-refractivity contribution in [1.82, 2.24) is 0 Å². The number of aliphatic hydroxyl groups is 6. The Kier molecular flexibility index (Phi) is 5.19. The van der Waals surface area contributed by atoms with Gasteiger partial charge in [0.25, 0.3) is 0 Å². The van der Waals surface area contributed by atoms with Gasteiger partial charge in [-0.05, 0) is 13.8 Å². The Balaban J connectivity index is 2.02. The van der Waals surface area contributed by atoms with Crippen molar-refractivity contribution in [2.45, 2.75) is 75.3 Å². The smallest absolute Gasteiger partial charge is 0.187 e. The van der Waals surface area contributed by atoms with Gasteiger partial charge in [-0.25, -0.2) is 0 Å². The molecule has 0 aromatic rings. The van der Waals surface area contributed by atoms with Crippen molar-refractivity contribution < 1.29 is 44.8 Å². The molecule has 2 saturated heterocycles. The van der Waals surface area contributed by atoms with E-state index >= 15 is 0 Å². The molecule has 6 N–H and O–H groups in total. The molecule has 21 heavy (non-hydrogen) atoms. The maximum atomic E-state index is 9.96. The molecule has 0 aromatic carbocycles. The lowest BCUT2D eigenvalue weighted by atomic mass is 10.1. The van der Waals surface area contributed by atoms with Gasteiger partial charge in [0.1, 0.15) is 36.6 Å². The zero-order chi connectivity index (χ0) is 15.9. The zero-order valence-electron chi connectivity index (χ0n) is 11.7. The van der Waals surface area contributed by atoms with Crippen molar-refractivity contribution in [3.63, 3.8) is 0 Å². The molecular formula is C12H22O9. The highest BCUT2D eigenvalue weighted by molar-refractivity contribution is 4.94. The summed E-state index contributed by atoms with van der Waals surface area (Å²) in [4.78, 5) is 0. The summed E-state index contributed by atoms with van der Waals surface area (Å²) in [6.07, 6.45) is -12.4. The molecule has 0 radical (unpaired) electrons. The summed E-state index contributed by atoms with van der Waals surface area (Å²) in [7, 11) is 0. The normalized spacial score (nSPS) is 50.3. The van der Waals surface area contributed by atoms with E-state index in [1.165, 1.54) is 13.8 Å². The van der Waals surface area contributed by atoms with Gasteiger partial charge < -0.3 is 44.8 Å². The summed E-state index contributed by atoms with van der Waals surface area (Å²) < 4.78 is 15.4. The summed E-state index contributed by atoms with van der Waals surface area (Å²) in [6, 6.07) is 0. The molecule has 2 fully saturated rings. The van der Waals surface area contributed by atoms with Crippen LogP contribution in [-0.2, 0) is 14.2 Å². The van der Waals surface area contributed by atoms with E-state index in [-0.39, 0.29) is 0 Å². The van der Waals surface area contributed by atoms with Crippen molar-refractivity contribution in [2.75, 3.05) is 0 Å². The van der Waals surface area contributed by atoms with E-state index in [1.807, 2.05) is 0 Å². The van der Waals surface area contributed by atoms with Crippen LogP contribution in [-0.4, -0.2) is 92.1 Å². The molecule has 0 aromatic heterocycles. The van der Waals surface area contributed by atoms with Gasteiger partial charge >= 0.3 is 0 Å².